The highest BCUT2D eigenvalue weighted by molar-refractivity contribution is 6.34. The Labute approximate surface area is 86.8 Å². The van der Waals surface area contributed by atoms with E-state index < -0.39 is 0 Å². The van der Waals surface area contributed by atoms with Crippen molar-refractivity contribution in [2.45, 2.75) is 6.92 Å². The van der Waals surface area contributed by atoms with Crippen LogP contribution in [-0.4, -0.2) is 4.98 Å². The zero-order valence-electron chi connectivity index (χ0n) is 7.58. The molecule has 1 aromatic carbocycles. The molecule has 0 atom stereocenters. The standard InChI is InChI=1S/C11H7ClN2/c1-7-3-2-4-9-10(7)8(5-13)6-14-11(9)12/h2-4,6H,1H3. The molecule has 0 fully saturated rings. The number of aromatic nitrogens is 1. The quantitative estimate of drug-likeness (QED) is 0.616. The highest BCUT2D eigenvalue weighted by Crippen LogP contribution is 2.26. The number of hydrogen-bond acceptors (Lipinski definition) is 2. The summed E-state index contributed by atoms with van der Waals surface area (Å²) in [7, 11) is 0. The Balaban J connectivity index is 3.01. The number of fused-ring (bicyclic) bond motifs is 1. The molecule has 2 aromatic rings. The number of aryl methyl sites for hydroxylation is 1. The van der Waals surface area contributed by atoms with E-state index >= 15 is 0 Å². The van der Waals surface area contributed by atoms with Gasteiger partial charge < -0.3 is 0 Å². The van der Waals surface area contributed by atoms with Crippen LogP contribution in [0.5, 0.6) is 0 Å². The van der Waals surface area contributed by atoms with Crippen LogP contribution >= 0.6 is 11.6 Å². The first-order valence-electron chi connectivity index (χ1n) is 4.18. The van der Waals surface area contributed by atoms with Crippen LogP contribution in [0.15, 0.2) is 24.4 Å². The van der Waals surface area contributed by atoms with Gasteiger partial charge in [-0.25, -0.2) is 4.98 Å². The summed E-state index contributed by atoms with van der Waals surface area (Å²) < 4.78 is 0. The Hall–Kier alpha value is -1.59. The van der Waals surface area contributed by atoms with Crippen LogP contribution in [0.4, 0.5) is 0 Å². The summed E-state index contributed by atoms with van der Waals surface area (Å²) in [5.41, 5.74) is 1.62. The molecule has 1 aromatic heterocycles. The van der Waals surface area contributed by atoms with Gasteiger partial charge in [-0.05, 0) is 12.5 Å². The second-order valence-corrected chi connectivity index (χ2v) is 3.43. The minimum absolute atomic E-state index is 0.447. The second kappa shape index (κ2) is 3.28. The maximum absolute atomic E-state index is 8.92. The monoisotopic (exact) mass is 202 g/mol. The van der Waals surface area contributed by atoms with Crippen molar-refractivity contribution in [2.24, 2.45) is 0 Å². The van der Waals surface area contributed by atoms with Gasteiger partial charge in [-0.3, -0.25) is 0 Å². The number of nitrogens with zero attached hydrogens (tertiary/aromatic N) is 2. The maximum Gasteiger partial charge on any atom is 0.136 e. The van der Waals surface area contributed by atoms with Crippen molar-refractivity contribution in [3.05, 3.63) is 40.7 Å². The van der Waals surface area contributed by atoms with Crippen molar-refractivity contribution >= 4 is 22.4 Å². The van der Waals surface area contributed by atoms with Gasteiger partial charge in [-0.15, -0.1) is 0 Å². The third-order valence-electron chi connectivity index (χ3n) is 2.19. The van der Waals surface area contributed by atoms with Crippen LogP contribution < -0.4 is 0 Å². The predicted molar refractivity (Wildman–Crippen MR) is 56.2 cm³/mol. The minimum atomic E-state index is 0.447. The molecular weight excluding hydrogens is 196 g/mol. The van der Waals surface area contributed by atoms with Crippen molar-refractivity contribution in [2.75, 3.05) is 0 Å². The molecule has 0 radical (unpaired) electrons. The molecule has 0 saturated carbocycles. The van der Waals surface area contributed by atoms with E-state index in [0.29, 0.717) is 10.7 Å². The molecule has 0 aliphatic rings. The number of halogens is 1. The highest BCUT2D eigenvalue weighted by atomic mass is 35.5. The lowest BCUT2D eigenvalue weighted by Crippen LogP contribution is -1.87. The highest BCUT2D eigenvalue weighted by Gasteiger charge is 2.06. The van der Waals surface area contributed by atoms with E-state index in [9.17, 15) is 0 Å². The SMILES string of the molecule is Cc1cccc2c(Cl)ncc(C#N)c12. The molecule has 0 unspecified atom stereocenters. The molecule has 0 spiro atoms. The Morgan fingerprint density at radius 2 is 2.21 bits per heavy atom. The molecule has 1 heterocycles. The Bertz CT molecular complexity index is 541. The third kappa shape index (κ3) is 1.23. The van der Waals surface area contributed by atoms with Crippen LogP contribution in [0, 0.1) is 18.3 Å². The van der Waals surface area contributed by atoms with E-state index in [0.717, 1.165) is 16.3 Å². The average Bonchev–Trinajstić information content (AvgIpc) is 2.20. The Kier molecular flexibility index (Phi) is 2.11. The summed E-state index contributed by atoms with van der Waals surface area (Å²) in [6.45, 7) is 1.96. The molecule has 0 N–H and O–H groups in total. The topological polar surface area (TPSA) is 36.7 Å². The van der Waals surface area contributed by atoms with Gasteiger partial charge in [-0.2, -0.15) is 5.26 Å². The smallest absolute Gasteiger partial charge is 0.136 e. The molecule has 0 aliphatic carbocycles. The molecule has 68 valence electrons. The fourth-order valence-electron chi connectivity index (χ4n) is 1.54. The lowest BCUT2D eigenvalue weighted by molar-refractivity contribution is 1.33. The third-order valence-corrected chi connectivity index (χ3v) is 2.49. The summed E-state index contributed by atoms with van der Waals surface area (Å²) in [4.78, 5) is 3.96. The van der Waals surface area contributed by atoms with Gasteiger partial charge in [0.1, 0.15) is 11.2 Å². The van der Waals surface area contributed by atoms with Crippen molar-refractivity contribution < 1.29 is 0 Å². The molecule has 2 nitrogen and oxygen atoms in total. The van der Waals surface area contributed by atoms with E-state index in [1.54, 1.807) is 0 Å². The van der Waals surface area contributed by atoms with Gasteiger partial charge in [0.25, 0.3) is 0 Å². The number of nitriles is 1. The average molecular weight is 203 g/mol. The molecule has 14 heavy (non-hydrogen) atoms. The van der Waals surface area contributed by atoms with Crippen molar-refractivity contribution in [3.63, 3.8) is 0 Å². The maximum atomic E-state index is 8.92. The Morgan fingerprint density at radius 3 is 2.93 bits per heavy atom. The summed E-state index contributed by atoms with van der Waals surface area (Å²) in [5.74, 6) is 0. The van der Waals surface area contributed by atoms with Gasteiger partial charge in [-0.1, -0.05) is 29.8 Å². The number of hydrogen-bond donors (Lipinski definition) is 0. The largest absolute Gasteiger partial charge is 0.243 e. The van der Waals surface area contributed by atoms with Crippen LogP contribution in [-0.2, 0) is 0 Å². The summed E-state index contributed by atoms with van der Waals surface area (Å²) >= 11 is 5.94. The van der Waals surface area contributed by atoms with E-state index in [4.69, 9.17) is 16.9 Å². The first kappa shape index (κ1) is 8.98. The fraction of sp³-hybridized carbons (Fsp3) is 0.0909. The van der Waals surface area contributed by atoms with Crippen molar-refractivity contribution in [3.8, 4) is 6.07 Å². The van der Waals surface area contributed by atoms with Crippen LogP contribution in [0.2, 0.25) is 5.15 Å². The van der Waals surface area contributed by atoms with Crippen LogP contribution in [0.1, 0.15) is 11.1 Å². The molecular formula is C11H7ClN2. The van der Waals surface area contributed by atoms with Gasteiger partial charge in [0.05, 0.1) is 5.56 Å². The number of benzene rings is 1. The van der Waals surface area contributed by atoms with E-state index in [1.807, 2.05) is 25.1 Å². The molecule has 0 bridgehead atoms. The van der Waals surface area contributed by atoms with E-state index in [-0.39, 0.29) is 0 Å². The minimum Gasteiger partial charge on any atom is -0.243 e. The van der Waals surface area contributed by atoms with Gasteiger partial charge in [0.2, 0.25) is 0 Å². The van der Waals surface area contributed by atoms with E-state index in [1.165, 1.54) is 6.20 Å². The number of rotatable bonds is 0. The first-order valence-corrected chi connectivity index (χ1v) is 4.56. The van der Waals surface area contributed by atoms with Crippen LogP contribution in [0.25, 0.3) is 10.8 Å². The van der Waals surface area contributed by atoms with Gasteiger partial charge >= 0.3 is 0 Å². The first-order chi connectivity index (χ1) is 6.74. The van der Waals surface area contributed by atoms with Crippen molar-refractivity contribution in [1.82, 2.24) is 4.98 Å². The fourth-order valence-corrected chi connectivity index (χ4v) is 1.74. The van der Waals surface area contributed by atoms with E-state index in [2.05, 4.69) is 11.1 Å². The van der Waals surface area contributed by atoms with Gasteiger partial charge in [0.15, 0.2) is 0 Å². The zero-order valence-corrected chi connectivity index (χ0v) is 8.34. The zero-order chi connectivity index (χ0) is 10.1. The lowest BCUT2D eigenvalue weighted by atomic mass is 10.0. The molecule has 0 amide bonds. The van der Waals surface area contributed by atoms with Crippen molar-refractivity contribution in [1.29, 1.82) is 5.26 Å². The summed E-state index contributed by atoms with van der Waals surface area (Å²) in [6.07, 6.45) is 1.51. The second-order valence-electron chi connectivity index (χ2n) is 3.07. The Morgan fingerprint density at radius 1 is 1.43 bits per heavy atom. The molecule has 0 saturated heterocycles. The van der Waals surface area contributed by atoms with Crippen LogP contribution in [0.3, 0.4) is 0 Å². The lowest BCUT2D eigenvalue weighted by Gasteiger charge is -2.04. The normalized spacial score (nSPS) is 10.1. The molecule has 3 heteroatoms. The predicted octanol–water partition coefficient (Wildman–Crippen LogP) is 3.07. The molecule has 0 aliphatic heterocycles. The number of pyridine rings is 1. The van der Waals surface area contributed by atoms with Gasteiger partial charge in [0, 0.05) is 17.0 Å². The summed E-state index contributed by atoms with van der Waals surface area (Å²) in [5, 5.41) is 11.1. The molecule has 2 rings (SSSR count). The summed E-state index contributed by atoms with van der Waals surface area (Å²) in [6, 6.07) is 7.86.